The number of hydrogen-bond donors (Lipinski definition) is 15. The number of nitrogens with one attached hydrogen (secondary N) is 7. The fourth-order valence-electron chi connectivity index (χ4n) is 12.1. The summed E-state index contributed by atoms with van der Waals surface area (Å²) in [5.41, 5.74) is 17.1. The maximum Gasteiger partial charge on any atom is 0.317 e. The molecule has 5 rings (SSSR count). The molecule has 0 radical (unpaired) electrons. The smallest absolute Gasteiger partial charge is 0.317 e. The molecule has 1 aromatic rings. The van der Waals surface area contributed by atoms with E-state index in [1.807, 2.05) is 0 Å². The maximum absolute atomic E-state index is 15.2. The minimum absolute atomic E-state index is 0.0218. The van der Waals surface area contributed by atoms with E-state index in [1.54, 1.807) is 56.9 Å². The second kappa shape index (κ2) is 43.3. The predicted octanol–water partition coefficient (Wildman–Crippen LogP) is -7.07. The molecular weight excluding hydrogens is 1420 g/mol. The van der Waals surface area contributed by atoms with Crippen LogP contribution >= 0.6 is 23.5 Å². The third kappa shape index (κ3) is 28.3. The Morgan fingerprint density at radius 1 is 0.581 bits per heavy atom. The number of carbonyl (C=O) groups excluding carboxylic acids is 14. The van der Waals surface area contributed by atoms with Crippen molar-refractivity contribution in [1.29, 1.82) is 0 Å². The fraction of sp³-hybridized carbons (Fsp3) is 0.615. The highest BCUT2D eigenvalue weighted by molar-refractivity contribution is 8.08. The van der Waals surface area contributed by atoms with Crippen LogP contribution in [0, 0.1) is 5.92 Å². The Morgan fingerprint density at radius 3 is 1.51 bits per heavy atom. The number of aliphatic hydroxyl groups excluding tert-OH is 2. The monoisotopic (exact) mass is 1520 g/mol. The largest absolute Gasteiger partial charge is 0.480 e. The average molecular weight is 1520 g/mol. The molecule has 18 N–H and O–H groups in total. The summed E-state index contributed by atoms with van der Waals surface area (Å²) in [6, 6.07) is -4.27. The number of aldehydes is 1. The van der Waals surface area contributed by atoms with Gasteiger partial charge in [-0.2, -0.15) is 0 Å². The molecule has 580 valence electrons. The Morgan fingerprint density at radius 2 is 1.04 bits per heavy atom. The molecule has 4 heterocycles. The lowest BCUT2D eigenvalue weighted by molar-refractivity contribution is -0.147. The molecule has 4 aliphatic heterocycles. The number of carboxylic acid groups (broad SMARTS) is 3. The number of aliphatic hydroxyl groups is 2. The number of carboxylic acids is 3. The lowest BCUT2D eigenvalue weighted by Gasteiger charge is -2.33. The highest BCUT2D eigenvalue weighted by Crippen LogP contribution is 2.34. The van der Waals surface area contributed by atoms with Crippen LogP contribution in [0.4, 0.5) is 0 Å². The van der Waals surface area contributed by atoms with Crippen molar-refractivity contribution in [2.45, 2.75) is 139 Å². The number of primary amides is 3. The van der Waals surface area contributed by atoms with Crippen molar-refractivity contribution in [2.24, 2.45) is 23.1 Å². The summed E-state index contributed by atoms with van der Waals surface area (Å²) in [6.07, 6.45) is -0.769. The molecule has 1 aromatic carbocycles. The molecule has 3 saturated heterocycles. The molecular formula is C65H96N16O22S2. The van der Waals surface area contributed by atoms with Gasteiger partial charge < -0.3 is 89.2 Å². The molecule has 105 heavy (non-hydrogen) atoms. The van der Waals surface area contributed by atoms with E-state index in [1.165, 1.54) is 16.7 Å². The zero-order valence-corrected chi connectivity index (χ0v) is 60.1. The first-order chi connectivity index (χ1) is 49.8. The number of benzene rings is 1. The molecule has 10 atom stereocenters. The quantitative estimate of drug-likeness (QED) is 0.0214. The highest BCUT2D eigenvalue weighted by atomic mass is 32.2. The number of likely N-dealkylation sites (tertiary alicyclic amines) is 2. The molecule has 40 heteroatoms. The first-order valence-electron chi connectivity index (χ1n) is 34.3. The normalized spacial score (nSPS) is 19.5. The second-order valence-electron chi connectivity index (χ2n) is 25.8. The summed E-state index contributed by atoms with van der Waals surface area (Å²) in [6.45, 7) is 1.07. The molecule has 0 aliphatic carbocycles. The van der Waals surface area contributed by atoms with Gasteiger partial charge in [-0.3, -0.25) is 102 Å². The number of aliphatic carboxylic acids is 3. The number of unbranched alkanes of at least 4 members (excludes halogenated alkanes) is 1. The van der Waals surface area contributed by atoms with E-state index >= 15 is 4.79 Å². The van der Waals surface area contributed by atoms with Gasteiger partial charge in [-0.25, -0.2) is 0 Å². The van der Waals surface area contributed by atoms with E-state index in [-0.39, 0.29) is 110 Å². The molecule has 4 aliphatic rings. The van der Waals surface area contributed by atoms with Crippen LogP contribution in [0.15, 0.2) is 40.1 Å². The van der Waals surface area contributed by atoms with Crippen LogP contribution in [-0.4, -0.2) is 320 Å². The number of hydrogen-bond acceptors (Lipinski definition) is 25. The van der Waals surface area contributed by atoms with Crippen molar-refractivity contribution in [2.75, 3.05) is 110 Å². The van der Waals surface area contributed by atoms with Gasteiger partial charge in [-0.1, -0.05) is 50.1 Å². The third-order valence-corrected chi connectivity index (χ3v) is 20.1. The molecule has 0 spiro atoms. The van der Waals surface area contributed by atoms with Gasteiger partial charge in [0.15, 0.2) is 0 Å². The summed E-state index contributed by atoms with van der Waals surface area (Å²) in [7, 11) is 0. The zero-order valence-electron chi connectivity index (χ0n) is 58.4. The minimum atomic E-state index is -1.92. The Labute approximate surface area is 613 Å². The molecule has 13 amide bonds. The summed E-state index contributed by atoms with van der Waals surface area (Å²) >= 11 is 1.04. The zero-order chi connectivity index (χ0) is 77.6. The third-order valence-electron chi connectivity index (χ3n) is 17.6. The van der Waals surface area contributed by atoms with Crippen LogP contribution in [0.5, 0.6) is 0 Å². The van der Waals surface area contributed by atoms with Gasteiger partial charge in [-0.15, -0.1) is 23.5 Å². The summed E-state index contributed by atoms with van der Waals surface area (Å²) < 4.78 is 0. The number of amides is 13. The molecule has 0 aromatic heterocycles. The summed E-state index contributed by atoms with van der Waals surface area (Å²) in [5.74, 6) is -18.9. The van der Waals surface area contributed by atoms with Gasteiger partial charge in [0.1, 0.15) is 54.6 Å². The van der Waals surface area contributed by atoms with Crippen molar-refractivity contribution in [1.82, 2.24) is 66.6 Å². The van der Waals surface area contributed by atoms with Gasteiger partial charge in [0.05, 0.1) is 61.0 Å². The van der Waals surface area contributed by atoms with Gasteiger partial charge in [0, 0.05) is 89.8 Å². The predicted molar refractivity (Wildman–Crippen MR) is 374 cm³/mol. The molecule has 1 unspecified atom stereocenters. The van der Waals surface area contributed by atoms with Crippen molar-refractivity contribution < 1.29 is 107 Å². The molecule has 0 saturated carbocycles. The van der Waals surface area contributed by atoms with Crippen molar-refractivity contribution >= 4 is 125 Å². The average Bonchev–Trinajstić information content (AvgIpc) is 1.68. The van der Waals surface area contributed by atoms with E-state index in [2.05, 4.69) is 37.2 Å². The number of thioether (sulfide) groups is 2. The fourth-order valence-corrected chi connectivity index (χ4v) is 14.4. The van der Waals surface area contributed by atoms with Crippen LogP contribution < -0.4 is 54.4 Å². The van der Waals surface area contributed by atoms with E-state index in [0.29, 0.717) is 48.3 Å². The van der Waals surface area contributed by atoms with Crippen LogP contribution in [0.3, 0.4) is 0 Å². The first-order valence-corrected chi connectivity index (χ1v) is 36.3. The highest BCUT2D eigenvalue weighted by Gasteiger charge is 2.45. The Hall–Kier alpha value is -9.19. The van der Waals surface area contributed by atoms with E-state index in [9.17, 15) is 102 Å². The topological polar surface area (TPSA) is 573 Å². The van der Waals surface area contributed by atoms with Crippen LogP contribution in [0.2, 0.25) is 0 Å². The van der Waals surface area contributed by atoms with Gasteiger partial charge in [-0.05, 0) is 51.0 Å². The first kappa shape index (κ1) is 86.5. The van der Waals surface area contributed by atoms with Crippen molar-refractivity contribution in [3.05, 3.63) is 45.7 Å². The second-order valence-corrected chi connectivity index (χ2v) is 27.9. The van der Waals surface area contributed by atoms with Gasteiger partial charge in [0.25, 0.3) is 11.8 Å². The number of rotatable bonds is 41. The Balaban J connectivity index is 1.52. The summed E-state index contributed by atoms with van der Waals surface area (Å²) in [4.78, 5) is 236. The minimum Gasteiger partial charge on any atom is -0.480 e. The van der Waals surface area contributed by atoms with E-state index in [4.69, 9.17) is 17.2 Å². The SMILES string of the molecule is CCCC[C@H](NC(=O)CN1CCN(CC(=O)O)CCN(CC(=O)O)CCN(CC(=O)O)CC1)C(=O)N[C@@H](CSC1=C(SC[C@H](NC(=O)[C@H](Cc2ccccc2)NC(=O)[C@H](CCC(N)=O)NC(=O)C[C@@H](C)O)C(=O)N[C@H](C(N)=O)C(C=O)CO)C(=O)NC1=O)C(=O)N1CCC[C@H]1C(=O)N1CCC[C@H]1C(N)=O. The number of nitrogens with two attached hydrogens (primary N) is 3. The van der Waals surface area contributed by atoms with Gasteiger partial charge >= 0.3 is 17.9 Å². The number of nitrogens with zero attached hydrogens (tertiary/aromatic N) is 6. The number of imide groups is 1. The van der Waals surface area contributed by atoms with Gasteiger partial charge in [0.2, 0.25) is 65.0 Å². The van der Waals surface area contributed by atoms with Crippen molar-refractivity contribution in [3.63, 3.8) is 0 Å². The summed E-state index contributed by atoms with van der Waals surface area (Å²) in [5, 5.41) is 66.2. The Kier molecular flexibility index (Phi) is 35.7. The lowest BCUT2D eigenvalue weighted by atomic mass is 10.0. The van der Waals surface area contributed by atoms with E-state index in [0.717, 1.165) is 0 Å². The molecule has 38 nitrogen and oxygen atoms in total. The standard InChI is InChI=1S/C65H96N16O22S2/c1-3-4-12-40(70-49(87)29-76-19-21-77(30-50(88)89)23-25-79(32-52(92)93)26-24-78(22-20-76)31-51(90)91)58(96)73-44(64(102)81-18-9-14-46(81)65(103)80-17-8-13-45(80)56(67)94)36-105-55-54(62(100)75-63(55)101)104-35-43(61(99)74-53(57(68)95)39(33-82)34-83)72-60(98)42(28-38-10-6-5-7-11-38)71-59(97)41(15-16-47(66)85)69-48(86)27-37(2)84/h5-7,10-11,33,37,39-46,53,83-84H,3-4,8-9,12-32,34-36H2,1-2H3,(H2,66,85)(H2,67,94)(H2,68,95)(H,69,86)(H,70,87)(H,71,97)(H,72,98)(H,73,96)(H,74,99)(H,88,89)(H,90,91)(H,92,93)(H,75,100,101)/t37-,39?,40+,41+,42+,43+,44+,45+,46+,53+/m1/s1. The van der Waals surface area contributed by atoms with E-state index < -0.39 is 222 Å². The maximum atomic E-state index is 15.2. The van der Waals surface area contributed by atoms with Crippen LogP contribution in [0.25, 0.3) is 0 Å². The Bertz CT molecular complexity index is 3320. The number of carbonyl (C=O) groups is 17. The van der Waals surface area contributed by atoms with Crippen molar-refractivity contribution in [3.8, 4) is 0 Å². The lowest BCUT2D eigenvalue weighted by Crippen LogP contribution is -2.60. The molecule has 3 fully saturated rings. The van der Waals surface area contributed by atoms with Crippen LogP contribution in [0.1, 0.15) is 83.6 Å². The molecule has 0 bridgehead atoms. The van der Waals surface area contributed by atoms with Crippen LogP contribution in [-0.2, 0) is 87.9 Å².